The normalized spacial score (nSPS) is 15.9. The van der Waals surface area contributed by atoms with Crippen molar-refractivity contribution in [3.63, 3.8) is 0 Å². The molecule has 2 amide bonds. The van der Waals surface area contributed by atoms with Gasteiger partial charge in [0.2, 0.25) is 11.8 Å². The first-order chi connectivity index (χ1) is 15.0. The van der Waals surface area contributed by atoms with Crippen molar-refractivity contribution in [2.24, 2.45) is 0 Å². The summed E-state index contributed by atoms with van der Waals surface area (Å²) in [6.45, 7) is 0.934. The van der Waals surface area contributed by atoms with E-state index in [9.17, 15) is 14.0 Å². The second-order valence-corrected chi connectivity index (χ2v) is 7.26. The fraction of sp³-hybridized carbons (Fsp3) is 0.273. The summed E-state index contributed by atoms with van der Waals surface area (Å²) in [7, 11) is 1.56. The van der Waals surface area contributed by atoms with Gasteiger partial charge in [0.05, 0.1) is 13.7 Å². The Kier molecular flexibility index (Phi) is 5.92. The van der Waals surface area contributed by atoms with Crippen molar-refractivity contribution in [3.05, 3.63) is 77.2 Å². The van der Waals surface area contributed by atoms with Gasteiger partial charge in [-0.3, -0.25) is 9.59 Å². The van der Waals surface area contributed by atoms with Gasteiger partial charge in [-0.1, -0.05) is 17.3 Å². The maximum absolute atomic E-state index is 13.1. The molecule has 160 valence electrons. The molecule has 1 N–H and O–H groups in total. The monoisotopic (exact) mass is 424 g/mol. The zero-order chi connectivity index (χ0) is 21.8. The van der Waals surface area contributed by atoms with Gasteiger partial charge in [-0.2, -0.15) is 4.98 Å². The van der Waals surface area contributed by atoms with E-state index in [-0.39, 0.29) is 42.4 Å². The molecule has 8 nitrogen and oxygen atoms in total. The van der Waals surface area contributed by atoms with Crippen LogP contribution in [0.25, 0.3) is 0 Å². The number of halogens is 1. The molecule has 4 rings (SSSR count). The number of benzene rings is 2. The van der Waals surface area contributed by atoms with Crippen molar-refractivity contribution in [2.45, 2.75) is 25.4 Å². The number of ether oxygens (including phenoxy) is 1. The van der Waals surface area contributed by atoms with E-state index in [0.29, 0.717) is 30.2 Å². The minimum absolute atomic E-state index is 0.0199. The van der Waals surface area contributed by atoms with Crippen molar-refractivity contribution in [1.82, 2.24) is 20.4 Å². The van der Waals surface area contributed by atoms with Crippen LogP contribution in [0, 0.1) is 5.82 Å². The van der Waals surface area contributed by atoms with Crippen LogP contribution in [0.2, 0.25) is 0 Å². The molecule has 2 aromatic carbocycles. The number of carbonyl (C=O) groups is 2. The van der Waals surface area contributed by atoms with Gasteiger partial charge in [0.1, 0.15) is 11.6 Å². The number of amides is 2. The summed E-state index contributed by atoms with van der Waals surface area (Å²) in [5, 5.41) is 6.70. The Bertz CT molecular complexity index is 1070. The summed E-state index contributed by atoms with van der Waals surface area (Å²) in [4.78, 5) is 30.6. The molecule has 9 heteroatoms. The lowest BCUT2D eigenvalue weighted by Gasteiger charge is -2.16. The lowest BCUT2D eigenvalue weighted by atomic mass is 10.1. The smallest absolute Gasteiger partial charge is 0.251 e. The Balaban J connectivity index is 1.32. The first kappa shape index (κ1) is 20.5. The lowest BCUT2D eigenvalue weighted by Crippen LogP contribution is -2.24. The van der Waals surface area contributed by atoms with Crippen LogP contribution in [0.5, 0.6) is 5.75 Å². The van der Waals surface area contributed by atoms with Crippen LogP contribution in [0.4, 0.5) is 4.39 Å². The van der Waals surface area contributed by atoms with Gasteiger partial charge in [-0.15, -0.1) is 0 Å². The Morgan fingerprint density at radius 3 is 2.68 bits per heavy atom. The summed E-state index contributed by atoms with van der Waals surface area (Å²) < 4.78 is 23.4. The van der Waals surface area contributed by atoms with E-state index >= 15 is 0 Å². The Morgan fingerprint density at radius 2 is 1.97 bits per heavy atom. The molecule has 31 heavy (non-hydrogen) atoms. The number of methoxy groups -OCH3 is 1. The van der Waals surface area contributed by atoms with Crippen LogP contribution < -0.4 is 10.1 Å². The van der Waals surface area contributed by atoms with E-state index in [2.05, 4.69) is 15.5 Å². The zero-order valence-electron chi connectivity index (χ0n) is 16.9. The van der Waals surface area contributed by atoms with Crippen molar-refractivity contribution in [2.75, 3.05) is 13.7 Å². The van der Waals surface area contributed by atoms with Gasteiger partial charge in [-0.05, 0) is 42.0 Å². The third-order valence-corrected chi connectivity index (χ3v) is 5.10. The highest BCUT2D eigenvalue weighted by molar-refractivity contribution is 5.94. The summed E-state index contributed by atoms with van der Waals surface area (Å²) in [5.74, 6) is 0.565. The van der Waals surface area contributed by atoms with Gasteiger partial charge in [0, 0.05) is 31.0 Å². The van der Waals surface area contributed by atoms with E-state index in [0.717, 1.165) is 5.56 Å². The maximum atomic E-state index is 13.1. The SMILES string of the molecule is COc1ccc(C(=O)NCc2nc(C3CC(=O)N(Cc4ccc(F)cc4)C3)no2)cc1. The minimum atomic E-state index is -0.312. The third kappa shape index (κ3) is 4.88. The number of nitrogens with one attached hydrogen (secondary N) is 1. The van der Waals surface area contributed by atoms with Gasteiger partial charge >= 0.3 is 0 Å². The first-order valence-electron chi connectivity index (χ1n) is 9.79. The summed E-state index contributed by atoms with van der Waals surface area (Å²) in [5.41, 5.74) is 1.34. The lowest BCUT2D eigenvalue weighted by molar-refractivity contribution is -0.128. The molecule has 0 radical (unpaired) electrons. The van der Waals surface area contributed by atoms with Crippen molar-refractivity contribution >= 4 is 11.8 Å². The van der Waals surface area contributed by atoms with Crippen molar-refractivity contribution in [1.29, 1.82) is 0 Å². The van der Waals surface area contributed by atoms with Crippen LogP contribution in [0.15, 0.2) is 53.1 Å². The molecule has 3 aromatic rings. The van der Waals surface area contributed by atoms with Crippen molar-refractivity contribution in [3.8, 4) is 5.75 Å². The second-order valence-electron chi connectivity index (χ2n) is 7.26. The average Bonchev–Trinajstić information content (AvgIpc) is 3.40. The summed E-state index contributed by atoms with van der Waals surface area (Å²) in [6, 6.07) is 12.8. The van der Waals surface area contributed by atoms with Crippen LogP contribution in [0.1, 0.15) is 40.0 Å². The molecule has 2 heterocycles. The highest BCUT2D eigenvalue weighted by Gasteiger charge is 2.33. The van der Waals surface area contributed by atoms with E-state index in [1.165, 1.54) is 12.1 Å². The highest BCUT2D eigenvalue weighted by Crippen LogP contribution is 2.27. The van der Waals surface area contributed by atoms with E-state index in [1.807, 2.05) is 0 Å². The molecular weight excluding hydrogens is 403 g/mol. The van der Waals surface area contributed by atoms with Crippen LogP contribution in [0.3, 0.4) is 0 Å². The molecule has 1 aromatic heterocycles. The Morgan fingerprint density at radius 1 is 1.23 bits per heavy atom. The Hall–Kier alpha value is -3.75. The first-order valence-corrected chi connectivity index (χ1v) is 9.79. The van der Waals surface area contributed by atoms with Crippen LogP contribution >= 0.6 is 0 Å². The third-order valence-electron chi connectivity index (χ3n) is 5.10. The number of aromatic nitrogens is 2. The number of rotatable bonds is 7. The fourth-order valence-corrected chi connectivity index (χ4v) is 3.41. The Labute approximate surface area is 178 Å². The molecule has 1 atom stereocenters. The second kappa shape index (κ2) is 8.95. The zero-order valence-corrected chi connectivity index (χ0v) is 16.9. The van der Waals surface area contributed by atoms with Gasteiger partial charge < -0.3 is 19.5 Å². The van der Waals surface area contributed by atoms with Crippen molar-refractivity contribution < 1.29 is 23.2 Å². The predicted octanol–water partition coefficient (Wildman–Crippen LogP) is 2.66. The fourth-order valence-electron chi connectivity index (χ4n) is 3.41. The number of nitrogens with zero attached hydrogens (tertiary/aromatic N) is 3. The molecule has 0 spiro atoms. The number of hydrogen-bond donors (Lipinski definition) is 1. The molecule has 1 aliphatic heterocycles. The van der Waals surface area contributed by atoms with E-state index in [1.54, 1.807) is 48.4 Å². The topological polar surface area (TPSA) is 97.6 Å². The molecule has 1 saturated heterocycles. The predicted molar refractivity (Wildman–Crippen MR) is 108 cm³/mol. The molecule has 0 aliphatic carbocycles. The molecule has 1 aliphatic rings. The molecule has 0 saturated carbocycles. The average molecular weight is 424 g/mol. The highest BCUT2D eigenvalue weighted by atomic mass is 19.1. The van der Waals surface area contributed by atoms with Gasteiger partial charge in [0.15, 0.2) is 5.82 Å². The molecular formula is C22H21FN4O4. The van der Waals surface area contributed by atoms with E-state index < -0.39 is 0 Å². The standard InChI is InChI=1S/C22H21FN4O4/c1-30-18-8-4-15(5-9-18)22(29)24-11-19-25-21(26-31-19)16-10-20(28)27(13-16)12-14-2-6-17(23)7-3-14/h2-9,16H,10-13H2,1H3,(H,24,29). The number of carbonyl (C=O) groups excluding carboxylic acids is 2. The summed E-state index contributed by atoms with van der Waals surface area (Å²) >= 11 is 0. The summed E-state index contributed by atoms with van der Waals surface area (Å²) in [6.07, 6.45) is 0.276. The molecule has 1 unspecified atom stereocenters. The molecule has 0 bridgehead atoms. The van der Waals surface area contributed by atoms with Gasteiger partial charge in [0.25, 0.3) is 5.91 Å². The van der Waals surface area contributed by atoms with Crippen LogP contribution in [-0.4, -0.2) is 40.5 Å². The number of hydrogen-bond acceptors (Lipinski definition) is 6. The minimum Gasteiger partial charge on any atom is -0.497 e. The van der Waals surface area contributed by atoms with Gasteiger partial charge in [-0.25, -0.2) is 4.39 Å². The molecule has 1 fully saturated rings. The largest absolute Gasteiger partial charge is 0.497 e. The van der Waals surface area contributed by atoms with E-state index in [4.69, 9.17) is 9.26 Å². The van der Waals surface area contributed by atoms with Crippen LogP contribution in [-0.2, 0) is 17.9 Å². The number of likely N-dealkylation sites (tertiary alicyclic amines) is 1. The quantitative estimate of drug-likeness (QED) is 0.626. The maximum Gasteiger partial charge on any atom is 0.251 e.